The lowest BCUT2D eigenvalue weighted by Gasteiger charge is -2.20. The molecule has 21 heavy (non-hydrogen) atoms. The summed E-state index contributed by atoms with van der Waals surface area (Å²) < 4.78 is 13.5. The SMILES string of the molecule is CC(C)C(NC(N)=O)C(=O)Nc1ccc(C(=O)O)c(F)c1. The third-order valence-electron chi connectivity index (χ3n) is 2.71. The number of rotatable bonds is 5. The highest BCUT2D eigenvalue weighted by atomic mass is 19.1. The second-order valence-corrected chi connectivity index (χ2v) is 4.72. The van der Waals surface area contributed by atoms with Crippen molar-refractivity contribution in [1.29, 1.82) is 0 Å². The van der Waals surface area contributed by atoms with E-state index in [9.17, 15) is 18.8 Å². The Balaban J connectivity index is 2.89. The number of hydrogen-bond acceptors (Lipinski definition) is 3. The lowest BCUT2D eigenvalue weighted by atomic mass is 10.0. The molecule has 0 aliphatic rings. The summed E-state index contributed by atoms with van der Waals surface area (Å²) in [5, 5.41) is 13.4. The number of nitrogens with one attached hydrogen (secondary N) is 2. The van der Waals surface area contributed by atoms with Crippen molar-refractivity contribution in [2.75, 3.05) is 5.32 Å². The number of aromatic carboxylic acids is 1. The zero-order valence-corrected chi connectivity index (χ0v) is 11.5. The van der Waals surface area contributed by atoms with E-state index >= 15 is 0 Å². The first-order valence-electron chi connectivity index (χ1n) is 6.12. The average molecular weight is 297 g/mol. The molecule has 1 unspecified atom stereocenters. The largest absolute Gasteiger partial charge is 0.478 e. The molecule has 1 rings (SSSR count). The van der Waals surface area contributed by atoms with Gasteiger partial charge in [-0.1, -0.05) is 13.8 Å². The van der Waals surface area contributed by atoms with Crippen molar-refractivity contribution in [2.24, 2.45) is 11.7 Å². The normalized spacial score (nSPS) is 11.8. The molecule has 0 fully saturated rings. The molecule has 0 aliphatic heterocycles. The van der Waals surface area contributed by atoms with E-state index in [4.69, 9.17) is 10.8 Å². The number of anilines is 1. The molecule has 0 bridgehead atoms. The van der Waals surface area contributed by atoms with Gasteiger partial charge in [0, 0.05) is 5.69 Å². The van der Waals surface area contributed by atoms with Crippen LogP contribution in [0.25, 0.3) is 0 Å². The van der Waals surface area contributed by atoms with Crippen LogP contribution in [0, 0.1) is 11.7 Å². The van der Waals surface area contributed by atoms with Crippen LogP contribution in [0.5, 0.6) is 0 Å². The first kappa shape index (κ1) is 16.4. The van der Waals surface area contributed by atoms with Crippen molar-refractivity contribution >= 4 is 23.6 Å². The fourth-order valence-electron chi connectivity index (χ4n) is 1.67. The van der Waals surface area contributed by atoms with Gasteiger partial charge in [-0.25, -0.2) is 14.0 Å². The Morgan fingerprint density at radius 3 is 2.33 bits per heavy atom. The third kappa shape index (κ3) is 4.44. The minimum absolute atomic E-state index is 0.0828. The molecule has 8 heteroatoms. The van der Waals surface area contributed by atoms with Crippen molar-refractivity contribution < 1.29 is 23.9 Å². The fraction of sp³-hybridized carbons (Fsp3) is 0.308. The standard InChI is InChI=1S/C13H16FN3O4/c1-6(2)10(17-13(15)21)11(18)16-7-3-4-8(12(19)20)9(14)5-7/h3-6,10H,1-2H3,(H,16,18)(H,19,20)(H3,15,17,21). The van der Waals surface area contributed by atoms with Crippen molar-refractivity contribution in [3.63, 3.8) is 0 Å². The van der Waals surface area contributed by atoms with Crippen molar-refractivity contribution in [3.05, 3.63) is 29.6 Å². The zero-order chi connectivity index (χ0) is 16.2. The predicted molar refractivity (Wildman–Crippen MR) is 73.3 cm³/mol. The molecule has 0 aromatic heterocycles. The zero-order valence-electron chi connectivity index (χ0n) is 11.5. The van der Waals surface area contributed by atoms with E-state index in [1.54, 1.807) is 13.8 Å². The summed E-state index contributed by atoms with van der Waals surface area (Å²) in [4.78, 5) is 33.5. The first-order chi connectivity index (χ1) is 9.72. The van der Waals surface area contributed by atoms with Gasteiger partial charge >= 0.3 is 12.0 Å². The second kappa shape index (κ2) is 6.69. The van der Waals surface area contributed by atoms with Crippen LogP contribution in [0.1, 0.15) is 24.2 Å². The highest BCUT2D eigenvalue weighted by molar-refractivity contribution is 5.97. The Morgan fingerprint density at radius 2 is 1.90 bits per heavy atom. The summed E-state index contributed by atoms with van der Waals surface area (Å²) in [6.07, 6.45) is 0. The highest BCUT2D eigenvalue weighted by Gasteiger charge is 2.23. The number of urea groups is 1. The Labute approximate surface area is 120 Å². The molecule has 0 spiro atoms. The number of primary amides is 1. The van der Waals surface area contributed by atoms with Gasteiger partial charge in [-0.3, -0.25) is 4.79 Å². The Bertz CT molecular complexity index is 575. The van der Waals surface area contributed by atoms with Crippen molar-refractivity contribution in [3.8, 4) is 0 Å². The number of carboxylic acids is 1. The van der Waals surface area contributed by atoms with E-state index < -0.39 is 35.3 Å². The maximum atomic E-state index is 13.5. The Morgan fingerprint density at radius 1 is 1.29 bits per heavy atom. The van der Waals surface area contributed by atoms with Gasteiger partial charge in [-0.05, 0) is 24.1 Å². The molecule has 0 aliphatic carbocycles. The number of hydrogen-bond donors (Lipinski definition) is 4. The molecule has 1 aromatic rings. The topological polar surface area (TPSA) is 122 Å². The van der Waals surface area contributed by atoms with E-state index in [1.807, 2.05) is 0 Å². The van der Waals surface area contributed by atoms with Crippen LogP contribution in [0.4, 0.5) is 14.9 Å². The molecule has 114 valence electrons. The summed E-state index contributed by atoms with van der Waals surface area (Å²) >= 11 is 0. The number of carbonyl (C=O) groups excluding carboxylic acids is 2. The predicted octanol–water partition coefficient (Wildman–Crippen LogP) is 1.16. The number of benzene rings is 1. The summed E-state index contributed by atoms with van der Waals surface area (Å²) in [6.45, 7) is 3.41. The number of carboxylic acid groups (broad SMARTS) is 1. The van der Waals surface area contributed by atoms with Crippen LogP contribution in [-0.4, -0.2) is 29.1 Å². The van der Waals surface area contributed by atoms with E-state index in [2.05, 4.69) is 10.6 Å². The maximum Gasteiger partial charge on any atom is 0.338 e. The molecule has 0 radical (unpaired) electrons. The molecule has 0 saturated carbocycles. The third-order valence-corrected chi connectivity index (χ3v) is 2.71. The number of halogens is 1. The van der Waals surface area contributed by atoms with Gasteiger partial charge in [0.1, 0.15) is 11.9 Å². The number of carbonyl (C=O) groups is 3. The van der Waals surface area contributed by atoms with E-state index in [0.29, 0.717) is 0 Å². The van der Waals surface area contributed by atoms with Gasteiger partial charge in [0.05, 0.1) is 5.56 Å². The molecular weight excluding hydrogens is 281 g/mol. The first-order valence-corrected chi connectivity index (χ1v) is 6.12. The smallest absolute Gasteiger partial charge is 0.338 e. The van der Waals surface area contributed by atoms with Crippen LogP contribution >= 0.6 is 0 Å². The van der Waals surface area contributed by atoms with Gasteiger partial charge in [0.25, 0.3) is 0 Å². The Hall–Kier alpha value is -2.64. The van der Waals surface area contributed by atoms with Gasteiger partial charge in [-0.15, -0.1) is 0 Å². The lowest BCUT2D eigenvalue weighted by Crippen LogP contribution is -2.49. The molecule has 0 saturated heterocycles. The van der Waals surface area contributed by atoms with E-state index in [1.165, 1.54) is 6.07 Å². The van der Waals surface area contributed by atoms with Gasteiger partial charge in [0.15, 0.2) is 0 Å². The summed E-state index contributed by atoms with van der Waals surface area (Å²) in [7, 11) is 0. The Kier molecular flexibility index (Phi) is 5.23. The molecular formula is C13H16FN3O4. The monoisotopic (exact) mass is 297 g/mol. The molecule has 0 heterocycles. The second-order valence-electron chi connectivity index (χ2n) is 4.72. The van der Waals surface area contributed by atoms with Crippen LogP contribution in [0.3, 0.4) is 0 Å². The summed E-state index contributed by atoms with van der Waals surface area (Å²) in [6, 6.07) is 1.45. The van der Waals surface area contributed by atoms with Gasteiger partial charge in [0.2, 0.25) is 5.91 Å². The van der Waals surface area contributed by atoms with Gasteiger partial charge < -0.3 is 21.5 Å². The molecule has 5 N–H and O–H groups in total. The molecule has 3 amide bonds. The maximum absolute atomic E-state index is 13.5. The van der Waals surface area contributed by atoms with Crippen LogP contribution in [0.15, 0.2) is 18.2 Å². The van der Waals surface area contributed by atoms with Crippen molar-refractivity contribution in [1.82, 2.24) is 5.32 Å². The fourth-order valence-corrected chi connectivity index (χ4v) is 1.67. The van der Waals surface area contributed by atoms with Gasteiger partial charge in [-0.2, -0.15) is 0 Å². The highest BCUT2D eigenvalue weighted by Crippen LogP contribution is 2.15. The molecule has 7 nitrogen and oxygen atoms in total. The summed E-state index contributed by atoms with van der Waals surface area (Å²) in [5.74, 6) is -3.18. The number of nitrogens with two attached hydrogens (primary N) is 1. The minimum Gasteiger partial charge on any atom is -0.478 e. The minimum atomic E-state index is -1.40. The average Bonchev–Trinajstić information content (AvgIpc) is 2.34. The van der Waals surface area contributed by atoms with Crippen LogP contribution < -0.4 is 16.4 Å². The van der Waals surface area contributed by atoms with E-state index in [-0.39, 0.29) is 11.6 Å². The lowest BCUT2D eigenvalue weighted by molar-refractivity contribution is -0.118. The van der Waals surface area contributed by atoms with Crippen LogP contribution in [0.2, 0.25) is 0 Å². The van der Waals surface area contributed by atoms with Crippen molar-refractivity contribution in [2.45, 2.75) is 19.9 Å². The quantitative estimate of drug-likeness (QED) is 0.651. The summed E-state index contributed by atoms with van der Waals surface area (Å²) in [5.41, 5.74) is 4.57. The molecule has 1 aromatic carbocycles. The van der Waals surface area contributed by atoms with E-state index in [0.717, 1.165) is 12.1 Å². The van der Waals surface area contributed by atoms with Crippen LogP contribution in [-0.2, 0) is 4.79 Å². The molecule has 1 atom stereocenters. The number of amides is 3.